The van der Waals surface area contributed by atoms with E-state index in [1.807, 2.05) is 6.20 Å². The topological polar surface area (TPSA) is 41.9 Å². The zero-order valence-electron chi connectivity index (χ0n) is 11.7. The van der Waals surface area contributed by atoms with Crippen LogP contribution in [0.1, 0.15) is 23.3 Å². The predicted octanol–water partition coefficient (Wildman–Crippen LogP) is 2.35. The molecule has 4 nitrogen and oxygen atoms in total. The Hall–Kier alpha value is -1.33. The standard InChI is InChI=1S/C14H20N4S/c1-11(8-14-9-15-5-6-16-14)18(3)7-4-13-10-19-12(2)17-13/h5-6,9-11H,4,7-8H2,1-3H3. The highest BCUT2D eigenvalue weighted by atomic mass is 32.1. The summed E-state index contributed by atoms with van der Waals surface area (Å²) in [6.07, 6.45) is 7.24. The average molecular weight is 276 g/mol. The van der Waals surface area contributed by atoms with Gasteiger partial charge in [-0.15, -0.1) is 11.3 Å². The first-order valence-corrected chi connectivity index (χ1v) is 7.39. The number of nitrogens with zero attached hydrogens (tertiary/aromatic N) is 4. The van der Waals surface area contributed by atoms with Crippen molar-refractivity contribution in [3.8, 4) is 0 Å². The van der Waals surface area contributed by atoms with Gasteiger partial charge in [0.05, 0.1) is 16.4 Å². The van der Waals surface area contributed by atoms with Gasteiger partial charge < -0.3 is 4.90 Å². The minimum atomic E-state index is 0.455. The van der Waals surface area contributed by atoms with Gasteiger partial charge in [-0.25, -0.2) is 4.98 Å². The predicted molar refractivity (Wildman–Crippen MR) is 78.4 cm³/mol. The van der Waals surface area contributed by atoms with Crippen LogP contribution >= 0.6 is 11.3 Å². The molecule has 0 fully saturated rings. The number of aryl methyl sites for hydroxylation is 1. The van der Waals surface area contributed by atoms with Crippen molar-refractivity contribution < 1.29 is 0 Å². The van der Waals surface area contributed by atoms with Gasteiger partial charge in [-0.3, -0.25) is 9.97 Å². The van der Waals surface area contributed by atoms with E-state index in [4.69, 9.17) is 0 Å². The quantitative estimate of drug-likeness (QED) is 0.812. The maximum Gasteiger partial charge on any atom is 0.0897 e. The summed E-state index contributed by atoms with van der Waals surface area (Å²) in [6, 6.07) is 0.455. The summed E-state index contributed by atoms with van der Waals surface area (Å²) in [7, 11) is 2.15. The number of thiazole rings is 1. The lowest BCUT2D eigenvalue weighted by Crippen LogP contribution is -2.33. The Bertz CT molecular complexity index is 497. The summed E-state index contributed by atoms with van der Waals surface area (Å²) in [5.74, 6) is 0. The molecule has 0 spiro atoms. The smallest absolute Gasteiger partial charge is 0.0897 e. The zero-order valence-corrected chi connectivity index (χ0v) is 12.5. The van der Waals surface area contributed by atoms with Crippen LogP contribution in [-0.4, -0.2) is 39.5 Å². The van der Waals surface area contributed by atoms with E-state index >= 15 is 0 Å². The van der Waals surface area contributed by atoms with Crippen LogP contribution < -0.4 is 0 Å². The SMILES string of the molecule is Cc1nc(CCN(C)C(C)Cc2cnccn2)cs1. The van der Waals surface area contributed by atoms with Gasteiger partial charge in [0.25, 0.3) is 0 Å². The van der Waals surface area contributed by atoms with Crippen molar-refractivity contribution in [1.29, 1.82) is 0 Å². The lowest BCUT2D eigenvalue weighted by Gasteiger charge is -2.23. The summed E-state index contributed by atoms with van der Waals surface area (Å²) in [5.41, 5.74) is 2.24. The molecule has 0 saturated carbocycles. The molecule has 19 heavy (non-hydrogen) atoms. The normalized spacial score (nSPS) is 12.8. The largest absolute Gasteiger partial charge is 0.303 e. The van der Waals surface area contributed by atoms with Crippen LogP contribution in [0.3, 0.4) is 0 Å². The van der Waals surface area contributed by atoms with Crippen molar-refractivity contribution in [2.45, 2.75) is 32.7 Å². The fourth-order valence-electron chi connectivity index (χ4n) is 1.93. The van der Waals surface area contributed by atoms with Crippen LogP contribution in [0.15, 0.2) is 24.0 Å². The van der Waals surface area contributed by atoms with E-state index in [-0.39, 0.29) is 0 Å². The lowest BCUT2D eigenvalue weighted by atomic mass is 10.1. The minimum Gasteiger partial charge on any atom is -0.303 e. The van der Waals surface area contributed by atoms with Crippen LogP contribution in [0.4, 0.5) is 0 Å². The maximum atomic E-state index is 4.50. The Morgan fingerprint density at radius 3 is 2.79 bits per heavy atom. The first-order chi connectivity index (χ1) is 9.15. The van der Waals surface area contributed by atoms with Crippen LogP contribution in [-0.2, 0) is 12.8 Å². The van der Waals surface area contributed by atoms with Crippen LogP contribution in [0.25, 0.3) is 0 Å². The average Bonchev–Trinajstić information content (AvgIpc) is 2.83. The molecule has 1 atom stereocenters. The fraction of sp³-hybridized carbons (Fsp3) is 0.500. The molecular weight excluding hydrogens is 256 g/mol. The third-order valence-corrected chi connectivity index (χ3v) is 4.08. The van der Waals surface area contributed by atoms with E-state index in [2.05, 4.69) is 46.1 Å². The summed E-state index contributed by atoms with van der Waals surface area (Å²) in [4.78, 5) is 15.3. The molecule has 2 aromatic heterocycles. The number of aromatic nitrogens is 3. The molecule has 2 heterocycles. The summed E-state index contributed by atoms with van der Waals surface area (Å²) >= 11 is 1.72. The fourth-order valence-corrected chi connectivity index (χ4v) is 2.58. The summed E-state index contributed by atoms with van der Waals surface area (Å²) in [5, 5.41) is 3.29. The summed E-state index contributed by atoms with van der Waals surface area (Å²) in [6.45, 7) is 5.29. The summed E-state index contributed by atoms with van der Waals surface area (Å²) < 4.78 is 0. The molecule has 102 valence electrons. The van der Waals surface area contributed by atoms with E-state index in [9.17, 15) is 0 Å². The monoisotopic (exact) mass is 276 g/mol. The number of hydrogen-bond acceptors (Lipinski definition) is 5. The van der Waals surface area contributed by atoms with Gasteiger partial charge in [0.1, 0.15) is 0 Å². The van der Waals surface area contributed by atoms with E-state index in [1.165, 1.54) is 5.69 Å². The molecule has 0 saturated heterocycles. The van der Waals surface area contributed by atoms with Gasteiger partial charge in [0.2, 0.25) is 0 Å². The second-order valence-electron chi connectivity index (χ2n) is 4.84. The number of rotatable bonds is 6. The molecule has 0 aliphatic carbocycles. The third kappa shape index (κ3) is 4.36. The van der Waals surface area contributed by atoms with E-state index in [0.717, 1.165) is 30.1 Å². The van der Waals surface area contributed by atoms with Gasteiger partial charge in [0.15, 0.2) is 0 Å². The zero-order chi connectivity index (χ0) is 13.7. The Morgan fingerprint density at radius 2 is 2.16 bits per heavy atom. The Balaban J connectivity index is 1.80. The number of hydrogen-bond donors (Lipinski definition) is 0. The second-order valence-corrected chi connectivity index (χ2v) is 5.90. The second kappa shape index (κ2) is 6.73. The van der Waals surface area contributed by atoms with Crippen LogP contribution in [0.5, 0.6) is 0 Å². The first kappa shape index (κ1) is 14.1. The highest BCUT2D eigenvalue weighted by Crippen LogP contribution is 2.10. The van der Waals surface area contributed by atoms with Crippen molar-refractivity contribution >= 4 is 11.3 Å². The third-order valence-electron chi connectivity index (χ3n) is 3.26. The van der Waals surface area contributed by atoms with Gasteiger partial charge in [-0.1, -0.05) is 0 Å². The molecule has 2 aromatic rings. The lowest BCUT2D eigenvalue weighted by molar-refractivity contribution is 0.257. The molecule has 0 amide bonds. The van der Waals surface area contributed by atoms with Crippen molar-refractivity contribution in [1.82, 2.24) is 19.9 Å². The van der Waals surface area contributed by atoms with E-state index in [1.54, 1.807) is 23.7 Å². The van der Waals surface area contributed by atoms with E-state index in [0.29, 0.717) is 6.04 Å². The molecule has 0 N–H and O–H groups in total. The van der Waals surface area contributed by atoms with Crippen molar-refractivity contribution in [3.63, 3.8) is 0 Å². The van der Waals surface area contributed by atoms with Crippen molar-refractivity contribution in [2.24, 2.45) is 0 Å². The molecular formula is C14H20N4S. The van der Waals surface area contributed by atoms with Crippen LogP contribution in [0.2, 0.25) is 0 Å². The molecule has 5 heteroatoms. The molecule has 0 aliphatic heterocycles. The Morgan fingerprint density at radius 1 is 1.32 bits per heavy atom. The van der Waals surface area contributed by atoms with Crippen molar-refractivity contribution in [2.75, 3.05) is 13.6 Å². The van der Waals surface area contributed by atoms with Gasteiger partial charge in [0, 0.05) is 49.4 Å². The van der Waals surface area contributed by atoms with Crippen molar-refractivity contribution in [3.05, 3.63) is 40.4 Å². The molecule has 0 aliphatic rings. The first-order valence-electron chi connectivity index (χ1n) is 6.51. The molecule has 2 rings (SSSR count). The van der Waals surface area contributed by atoms with Gasteiger partial charge in [-0.2, -0.15) is 0 Å². The Kier molecular flexibility index (Phi) is 4.99. The minimum absolute atomic E-state index is 0.455. The highest BCUT2D eigenvalue weighted by Gasteiger charge is 2.11. The molecule has 1 unspecified atom stereocenters. The molecule has 0 bridgehead atoms. The molecule has 0 radical (unpaired) electrons. The Labute approximate surface area is 118 Å². The van der Waals surface area contributed by atoms with Gasteiger partial charge in [-0.05, 0) is 20.9 Å². The molecule has 0 aromatic carbocycles. The maximum absolute atomic E-state index is 4.50. The number of likely N-dealkylation sites (N-methyl/N-ethyl adjacent to an activating group) is 1. The van der Waals surface area contributed by atoms with E-state index < -0.39 is 0 Å². The van der Waals surface area contributed by atoms with Crippen LogP contribution in [0, 0.1) is 6.92 Å². The van der Waals surface area contributed by atoms with Gasteiger partial charge >= 0.3 is 0 Å². The highest BCUT2D eigenvalue weighted by molar-refractivity contribution is 7.09.